The number of likely N-dealkylation sites (tertiary alicyclic amines) is 2. The van der Waals surface area contributed by atoms with Crippen LogP contribution in [-0.4, -0.2) is 72.8 Å². The monoisotopic (exact) mass is 321 g/mol. The van der Waals surface area contributed by atoms with Crippen LogP contribution in [0.15, 0.2) is 0 Å². The van der Waals surface area contributed by atoms with E-state index in [0.717, 1.165) is 19.4 Å². The summed E-state index contributed by atoms with van der Waals surface area (Å²) in [6.45, 7) is 3.41. The Labute approximate surface area is 140 Å². The van der Waals surface area contributed by atoms with Crippen molar-refractivity contribution in [1.82, 2.24) is 14.7 Å². The Morgan fingerprint density at radius 2 is 1.91 bits per heavy atom. The summed E-state index contributed by atoms with van der Waals surface area (Å²) in [4.78, 5) is 30.2. The first-order valence-corrected chi connectivity index (χ1v) is 9.21. The van der Waals surface area contributed by atoms with Crippen LogP contribution in [0.25, 0.3) is 0 Å². The normalized spacial score (nSPS) is 28.3. The van der Waals surface area contributed by atoms with Gasteiger partial charge in [0.05, 0.1) is 6.54 Å². The van der Waals surface area contributed by atoms with E-state index in [9.17, 15) is 9.59 Å². The fraction of sp³-hybridized carbons (Fsp3) is 0.889. The number of carbonyl (C=O) groups excluding carboxylic acids is 2. The highest BCUT2D eigenvalue weighted by Gasteiger charge is 2.42. The molecule has 0 aromatic rings. The van der Waals surface area contributed by atoms with E-state index in [0.29, 0.717) is 17.9 Å². The van der Waals surface area contributed by atoms with Gasteiger partial charge in [0, 0.05) is 39.6 Å². The molecule has 2 saturated heterocycles. The average Bonchev–Trinajstić information content (AvgIpc) is 3.11. The van der Waals surface area contributed by atoms with Gasteiger partial charge in [-0.3, -0.25) is 14.5 Å². The molecule has 1 aliphatic carbocycles. The van der Waals surface area contributed by atoms with Crippen molar-refractivity contribution in [1.29, 1.82) is 0 Å². The van der Waals surface area contributed by atoms with Crippen LogP contribution < -0.4 is 0 Å². The highest BCUT2D eigenvalue weighted by Crippen LogP contribution is 2.46. The topological polar surface area (TPSA) is 43.9 Å². The molecular formula is C18H31N3O2. The van der Waals surface area contributed by atoms with Crippen LogP contribution in [0, 0.1) is 5.41 Å². The molecule has 0 bridgehead atoms. The summed E-state index contributed by atoms with van der Waals surface area (Å²) in [5.74, 6) is 0.167. The van der Waals surface area contributed by atoms with E-state index in [4.69, 9.17) is 0 Å². The summed E-state index contributed by atoms with van der Waals surface area (Å²) >= 11 is 0. The molecular weight excluding hydrogens is 290 g/mol. The van der Waals surface area contributed by atoms with Gasteiger partial charge in [-0.05, 0) is 44.1 Å². The van der Waals surface area contributed by atoms with Gasteiger partial charge >= 0.3 is 0 Å². The molecule has 5 nitrogen and oxygen atoms in total. The SMILES string of the molecule is CN(C)C(=O)CN1CC[C@H](N2CCC3(CCCC3)C2)CCC1=O. The Morgan fingerprint density at radius 1 is 1.17 bits per heavy atom. The highest BCUT2D eigenvalue weighted by molar-refractivity contribution is 5.84. The molecule has 3 aliphatic rings. The van der Waals surface area contributed by atoms with Crippen molar-refractivity contribution < 1.29 is 9.59 Å². The fourth-order valence-electron chi connectivity index (χ4n) is 4.67. The summed E-state index contributed by atoms with van der Waals surface area (Å²) in [6.07, 6.45) is 9.52. The largest absolute Gasteiger partial charge is 0.347 e. The minimum absolute atomic E-state index is 0.0166. The molecule has 1 atom stereocenters. The number of hydrogen-bond donors (Lipinski definition) is 0. The Morgan fingerprint density at radius 3 is 2.61 bits per heavy atom. The zero-order chi connectivity index (χ0) is 16.4. The van der Waals surface area contributed by atoms with E-state index in [1.54, 1.807) is 23.9 Å². The molecule has 0 aromatic heterocycles. The molecule has 23 heavy (non-hydrogen) atoms. The molecule has 2 aliphatic heterocycles. The predicted octanol–water partition coefficient (Wildman–Crippen LogP) is 1.72. The number of hydrogen-bond acceptors (Lipinski definition) is 3. The predicted molar refractivity (Wildman–Crippen MR) is 90.0 cm³/mol. The minimum atomic E-state index is 0.0166. The maximum atomic E-state index is 12.3. The van der Waals surface area contributed by atoms with Crippen molar-refractivity contribution in [3.63, 3.8) is 0 Å². The first-order valence-electron chi connectivity index (χ1n) is 9.21. The lowest BCUT2D eigenvalue weighted by molar-refractivity contribution is -0.138. The van der Waals surface area contributed by atoms with Crippen molar-refractivity contribution >= 4 is 11.8 Å². The second-order valence-electron chi connectivity index (χ2n) is 8.01. The van der Waals surface area contributed by atoms with Crippen LogP contribution >= 0.6 is 0 Å². The highest BCUT2D eigenvalue weighted by atomic mass is 16.2. The van der Waals surface area contributed by atoms with Crippen LogP contribution in [0.1, 0.15) is 51.4 Å². The van der Waals surface area contributed by atoms with Gasteiger partial charge in [-0.1, -0.05) is 12.8 Å². The number of likely N-dealkylation sites (N-methyl/N-ethyl adjacent to an activating group) is 1. The molecule has 2 heterocycles. The van der Waals surface area contributed by atoms with Gasteiger partial charge < -0.3 is 9.80 Å². The van der Waals surface area contributed by atoms with Crippen LogP contribution in [0.3, 0.4) is 0 Å². The number of amides is 2. The third kappa shape index (κ3) is 3.70. The van der Waals surface area contributed by atoms with Gasteiger partial charge in [-0.15, -0.1) is 0 Å². The van der Waals surface area contributed by atoms with E-state index in [-0.39, 0.29) is 18.4 Å². The number of rotatable bonds is 3. The number of nitrogens with zero attached hydrogens (tertiary/aromatic N) is 3. The summed E-state index contributed by atoms with van der Waals surface area (Å²) in [5.41, 5.74) is 0.594. The molecule has 1 saturated carbocycles. The standard InChI is InChI=1S/C18H31N3O2/c1-19(2)17(23)13-20-11-7-15(5-6-16(20)22)21-12-10-18(14-21)8-3-4-9-18/h15H,3-14H2,1-2H3/t15-/m1/s1. The Balaban J connectivity index is 1.56. The third-order valence-corrected chi connectivity index (χ3v) is 6.25. The fourth-order valence-corrected chi connectivity index (χ4v) is 4.67. The van der Waals surface area contributed by atoms with Crippen LogP contribution in [-0.2, 0) is 9.59 Å². The Bertz CT molecular complexity index is 457. The minimum Gasteiger partial charge on any atom is -0.347 e. The van der Waals surface area contributed by atoms with Crippen LogP contribution in [0.4, 0.5) is 0 Å². The molecule has 0 aromatic carbocycles. The lowest BCUT2D eigenvalue weighted by Gasteiger charge is -2.29. The number of carbonyl (C=O) groups is 2. The lowest BCUT2D eigenvalue weighted by atomic mass is 9.85. The molecule has 5 heteroatoms. The summed E-state index contributed by atoms with van der Waals surface area (Å²) < 4.78 is 0. The van der Waals surface area contributed by atoms with E-state index < -0.39 is 0 Å². The Kier molecular flexibility index (Phi) is 4.95. The first kappa shape index (κ1) is 16.7. The molecule has 0 N–H and O–H groups in total. The second-order valence-corrected chi connectivity index (χ2v) is 8.01. The van der Waals surface area contributed by atoms with Gasteiger partial charge in [0.2, 0.25) is 11.8 Å². The van der Waals surface area contributed by atoms with Gasteiger partial charge in [0.1, 0.15) is 0 Å². The van der Waals surface area contributed by atoms with Gasteiger partial charge in [0.25, 0.3) is 0 Å². The molecule has 130 valence electrons. The summed E-state index contributed by atoms with van der Waals surface area (Å²) in [6, 6.07) is 0.526. The van der Waals surface area contributed by atoms with Crippen molar-refractivity contribution in [2.75, 3.05) is 40.3 Å². The van der Waals surface area contributed by atoms with Crippen LogP contribution in [0.2, 0.25) is 0 Å². The van der Waals surface area contributed by atoms with E-state index in [1.807, 2.05) is 0 Å². The maximum Gasteiger partial charge on any atom is 0.241 e. The van der Waals surface area contributed by atoms with Gasteiger partial charge in [-0.2, -0.15) is 0 Å². The summed E-state index contributed by atoms with van der Waals surface area (Å²) in [5, 5.41) is 0. The molecule has 0 unspecified atom stereocenters. The maximum absolute atomic E-state index is 12.3. The third-order valence-electron chi connectivity index (χ3n) is 6.25. The molecule has 3 fully saturated rings. The summed E-state index contributed by atoms with van der Waals surface area (Å²) in [7, 11) is 3.50. The van der Waals surface area contributed by atoms with Crippen molar-refractivity contribution in [3.8, 4) is 0 Å². The quantitative estimate of drug-likeness (QED) is 0.795. The second kappa shape index (κ2) is 6.80. The molecule has 3 rings (SSSR count). The first-order chi connectivity index (χ1) is 11.0. The lowest BCUT2D eigenvalue weighted by Crippen LogP contribution is -2.40. The average molecular weight is 321 g/mol. The van der Waals surface area contributed by atoms with E-state index in [2.05, 4.69) is 4.90 Å². The van der Waals surface area contributed by atoms with E-state index >= 15 is 0 Å². The molecule has 1 spiro atoms. The molecule has 0 radical (unpaired) electrons. The zero-order valence-electron chi connectivity index (χ0n) is 14.7. The van der Waals surface area contributed by atoms with E-state index in [1.165, 1.54) is 45.2 Å². The van der Waals surface area contributed by atoms with Crippen LogP contribution in [0.5, 0.6) is 0 Å². The smallest absolute Gasteiger partial charge is 0.241 e. The molecule has 2 amide bonds. The van der Waals surface area contributed by atoms with Gasteiger partial charge in [0.15, 0.2) is 0 Å². The van der Waals surface area contributed by atoms with Crippen molar-refractivity contribution in [2.45, 2.75) is 57.4 Å². The Hall–Kier alpha value is -1.10. The van der Waals surface area contributed by atoms with Crippen molar-refractivity contribution in [2.24, 2.45) is 5.41 Å². The zero-order valence-corrected chi connectivity index (χ0v) is 14.7. The van der Waals surface area contributed by atoms with Gasteiger partial charge in [-0.25, -0.2) is 0 Å². The van der Waals surface area contributed by atoms with Crippen molar-refractivity contribution in [3.05, 3.63) is 0 Å².